The first-order chi connectivity index (χ1) is 19.8. The Morgan fingerprint density at radius 2 is 1.66 bits per heavy atom. The average molecular weight is 571 g/mol. The molecule has 9 nitrogen and oxygen atoms in total. The van der Waals surface area contributed by atoms with Crippen molar-refractivity contribution in [2.45, 2.75) is 31.1 Å². The summed E-state index contributed by atoms with van der Waals surface area (Å²) in [6.45, 7) is 0. The second-order valence-electron chi connectivity index (χ2n) is 9.83. The topological polar surface area (TPSA) is 126 Å². The van der Waals surface area contributed by atoms with Crippen LogP contribution in [0.5, 0.6) is 11.5 Å². The molecular formula is C31H30N4O5S. The van der Waals surface area contributed by atoms with Gasteiger partial charge in [-0.3, -0.25) is 19.3 Å². The third kappa shape index (κ3) is 7.29. The van der Waals surface area contributed by atoms with E-state index in [0.29, 0.717) is 34.7 Å². The molecule has 1 aliphatic carbocycles. The molecular weight excluding hydrogens is 540 g/mol. The first-order valence-corrected chi connectivity index (χ1v) is 14.9. The Kier molecular flexibility index (Phi) is 8.30. The Balaban J connectivity index is 1.19. The van der Waals surface area contributed by atoms with E-state index < -0.39 is 10.0 Å². The minimum absolute atomic E-state index is 0.0601. The van der Waals surface area contributed by atoms with E-state index in [1.54, 1.807) is 67.7 Å². The number of rotatable bonds is 9. The number of benzene rings is 3. The van der Waals surface area contributed by atoms with Crippen molar-refractivity contribution in [2.75, 3.05) is 11.8 Å². The third-order valence-electron chi connectivity index (χ3n) is 6.79. The molecule has 1 heterocycles. The first kappa shape index (κ1) is 27.9. The molecule has 0 saturated heterocycles. The zero-order valence-electron chi connectivity index (χ0n) is 22.5. The molecule has 3 aromatic carbocycles. The summed E-state index contributed by atoms with van der Waals surface area (Å²) < 4.78 is 33.6. The summed E-state index contributed by atoms with van der Waals surface area (Å²) in [5.41, 5.74) is 4.09. The fourth-order valence-corrected chi connectivity index (χ4v) is 5.95. The highest BCUT2D eigenvalue weighted by Crippen LogP contribution is 2.29. The number of aromatic nitrogens is 1. The summed E-state index contributed by atoms with van der Waals surface area (Å²) in [5, 5.41) is 5.65. The third-order valence-corrected chi connectivity index (χ3v) is 8.05. The van der Waals surface area contributed by atoms with Gasteiger partial charge in [0.1, 0.15) is 17.2 Å². The van der Waals surface area contributed by atoms with E-state index in [9.17, 15) is 18.0 Å². The second-order valence-corrected chi connectivity index (χ2v) is 11.5. The summed E-state index contributed by atoms with van der Waals surface area (Å²) in [6.07, 6.45) is 3.79. The van der Waals surface area contributed by atoms with Gasteiger partial charge in [-0.25, -0.2) is 8.42 Å². The van der Waals surface area contributed by atoms with E-state index in [1.807, 2.05) is 24.3 Å². The van der Waals surface area contributed by atoms with E-state index in [-0.39, 0.29) is 29.3 Å². The van der Waals surface area contributed by atoms with Crippen LogP contribution in [-0.2, 0) is 28.6 Å². The molecule has 0 aliphatic heterocycles. The zero-order chi connectivity index (χ0) is 28.8. The number of carbonyl (C=O) groups is 2. The molecule has 0 fully saturated rings. The number of nitrogens with zero attached hydrogens (tertiary/aromatic N) is 1. The van der Waals surface area contributed by atoms with Gasteiger partial charge >= 0.3 is 0 Å². The number of aryl methyl sites for hydroxylation is 1. The van der Waals surface area contributed by atoms with Crippen LogP contribution in [0.25, 0.3) is 0 Å². The highest BCUT2D eigenvalue weighted by atomic mass is 32.2. The van der Waals surface area contributed by atoms with Crippen molar-refractivity contribution in [1.29, 1.82) is 0 Å². The maximum Gasteiger partial charge on any atom is 0.269 e. The zero-order valence-corrected chi connectivity index (χ0v) is 23.3. The van der Waals surface area contributed by atoms with Crippen LogP contribution >= 0.6 is 0 Å². The van der Waals surface area contributed by atoms with Gasteiger partial charge in [-0.2, -0.15) is 0 Å². The smallest absolute Gasteiger partial charge is 0.269 e. The number of amides is 2. The van der Waals surface area contributed by atoms with E-state index >= 15 is 0 Å². The van der Waals surface area contributed by atoms with Gasteiger partial charge in [0.25, 0.3) is 11.8 Å². The number of anilines is 1. The van der Waals surface area contributed by atoms with Crippen molar-refractivity contribution >= 4 is 27.5 Å². The van der Waals surface area contributed by atoms with Gasteiger partial charge in [-0.1, -0.05) is 36.4 Å². The van der Waals surface area contributed by atoms with Crippen molar-refractivity contribution < 1.29 is 22.7 Å². The van der Waals surface area contributed by atoms with Crippen molar-refractivity contribution in [2.24, 2.45) is 0 Å². The summed E-state index contributed by atoms with van der Waals surface area (Å²) in [6, 6.07) is 24.4. The predicted octanol–water partition coefficient (Wildman–Crippen LogP) is 4.46. The Labute approximate surface area is 239 Å². The Morgan fingerprint density at radius 3 is 2.41 bits per heavy atom. The summed E-state index contributed by atoms with van der Waals surface area (Å²) >= 11 is 0. The van der Waals surface area contributed by atoms with Gasteiger partial charge in [0.2, 0.25) is 10.0 Å². The molecule has 1 atom stereocenters. The van der Waals surface area contributed by atoms with Crippen LogP contribution in [0.3, 0.4) is 0 Å². The number of fused-ring (bicyclic) bond motifs is 1. The molecule has 2 amide bonds. The van der Waals surface area contributed by atoms with Crippen LogP contribution in [0.1, 0.15) is 44.0 Å². The van der Waals surface area contributed by atoms with Crippen molar-refractivity contribution in [3.8, 4) is 11.5 Å². The molecule has 10 heteroatoms. The molecule has 0 saturated carbocycles. The largest absolute Gasteiger partial charge is 0.457 e. The SMILES string of the molecule is CNC(=O)c1cc(Oc2ccc3c(c2)CC(NC(=O)c2ccc(NS(=O)(=O)Cc4ccccc4)cc2)CC3)ccn1. The summed E-state index contributed by atoms with van der Waals surface area (Å²) in [4.78, 5) is 28.9. The highest BCUT2D eigenvalue weighted by molar-refractivity contribution is 7.91. The van der Waals surface area contributed by atoms with Gasteiger partial charge in [0, 0.05) is 36.6 Å². The minimum atomic E-state index is -3.58. The molecule has 0 radical (unpaired) electrons. The lowest BCUT2D eigenvalue weighted by atomic mass is 9.88. The molecule has 5 rings (SSSR count). The lowest BCUT2D eigenvalue weighted by molar-refractivity contribution is 0.0931. The van der Waals surface area contributed by atoms with E-state index in [2.05, 4.69) is 20.3 Å². The molecule has 1 aromatic heterocycles. The molecule has 210 valence electrons. The van der Waals surface area contributed by atoms with Gasteiger partial charge < -0.3 is 15.4 Å². The Morgan fingerprint density at radius 1 is 0.902 bits per heavy atom. The normalized spacial score (nSPS) is 14.4. The molecule has 4 aromatic rings. The number of hydrogen-bond acceptors (Lipinski definition) is 6. The molecule has 0 bridgehead atoms. The van der Waals surface area contributed by atoms with Crippen molar-refractivity contribution in [3.63, 3.8) is 0 Å². The maximum atomic E-state index is 13.0. The van der Waals surface area contributed by atoms with E-state index in [1.165, 1.54) is 11.8 Å². The molecule has 41 heavy (non-hydrogen) atoms. The van der Waals surface area contributed by atoms with Gasteiger partial charge in [-0.15, -0.1) is 0 Å². The Bertz CT molecular complexity index is 1660. The number of carbonyl (C=O) groups excluding carboxylic acids is 2. The van der Waals surface area contributed by atoms with Gasteiger partial charge in [-0.05, 0) is 78.4 Å². The molecule has 0 spiro atoms. The van der Waals surface area contributed by atoms with Crippen LogP contribution < -0.4 is 20.1 Å². The van der Waals surface area contributed by atoms with Gasteiger partial charge in [0.05, 0.1) is 5.75 Å². The quantitative estimate of drug-likeness (QED) is 0.273. The number of sulfonamides is 1. The lowest BCUT2D eigenvalue weighted by Gasteiger charge is -2.26. The van der Waals surface area contributed by atoms with Crippen LogP contribution in [0, 0.1) is 0 Å². The summed E-state index contributed by atoms with van der Waals surface area (Å²) in [5.74, 6) is 0.493. The second kappa shape index (κ2) is 12.2. The van der Waals surface area contributed by atoms with Crippen molar-refractivity contribution in [3.05, 3.63) is 119 Å². The van der Waals surface area contributed by atoms with Gasteiger partial charge in [0.15, 0.2) is 0 Å². The number of ether oxygens (including phenoxy) is 1. The number of hydrogen-bond donors (Lipinski definition) is 3. The molecule has 3 N–H and O–H groups in total. The standard InChI is InChI=1S/C31H30N4O5S/c1-32-31(37)29-19-28(15-16-33-29)40-27-14-10-22-7-13-26(17-24(22)18-27)34-30(36)23-8-11-25(12-9-23)35-41(38,39)20-21-5-3-2-4-6-21/h2-6,8-12,14-16,18-19,26,35H,7,13,17,20H2,1H3,(H,32,37)(H,34,36). The maximum absolute atomic E-state index is 13.0. The van der Waals surface area contributed by atoms with Crippen molar-refractivity contribution in [1.82, 2.24) is 15.6 Å². The lowest BCUT2D eigenvalue weighted by Crippen LogP contribution is -2.38. The van der Waals surface area contributed by atoms with Crippen LogP contribution in [0.2, 0.25) is 0 Å². The monoisotopic (exact) mass is 570 g/mol. The van der Waals surface area contributed by atoms with Crippen LogP contribution in [0.15, 0.2) is 91.1 Å². The number of pyridine rings is 1. The molecule has 1 unspecified atom stereocenters. The minimum Gasteiger partial charge on any atom is -0.457 e. The van der Waals surface area contributed by atoms with E-state index in [4.69, 9.17) is 4.74 Å². The van der Waals surface area contributed by atoms with Crippen LogP contribution in [-0.4, -0.2) is 38.3 Å². The summed E-state index contributed by atoms with van der Waals surface area (Å²) in [7, 11) is -2.04. The first-order valence-electron chi connectivity index (χ1n) is 13.2. The average Bonchev–Trinajstić information content (AvgIpc) is 2.97. The van der Waals surface area contributed by atoms with Crippen LogP contribution in [0.4, 0.5) is 5.69 Å². The fourth-order valence-electron chi connectivity index (χ4n) is 4.75. The highest BCUT2D eigenvalue weighted by Gasteiger charge is 2.22. The Hall–Kier alpha value is -4.70. The number of nitrogens with one attached hydrogen (secondary N) is 3. The molecule has 1 aliphatic rings. The van der Waals surface area contributed by atoms with E-state index in [0.717, 1.165) is 18.4 Å². The fraction of sp³-hybridized carbons (Fsp3) is 0.194. The predicted molar refractivity (Wildman–Crippen MR) is 157 cm³/mol.